The van der Waals surface area contributed by atoms with Gasteiger partial charge in [-0.25, -0.2) is 0 Å². The van der Waals surface area contributed by atoms with Crippen molar-refractivity contribution in [2.45, 2.75) is 33.1 Å². The van der Waals surface area contributed by atoms with Crippen molar-refractivity contribution in [3.8, 4) is 5.75 Å². The Labute approximate surface area is 123 Å². The van der Waals surface area contributed by atoms with E-state index in [1.54, 1.807) is 7.11 Å². The summed E-state index contributed by atoms with van der Waals surface area (Å²) in [6, 6.07) is 8.16. The number of nitrogens with two attached hydrogens (primary N) is 1. The van der Waals surface area contributed by atoms with Crippen molar-refractivity contribution in [2.24, 2.45) is 17.6 Å². The summed E-state index contributed by atoms with van der Waals surface area (Å²) in [5.74, 6) is 2.10. The highest BCUT2D eigenvalue weighted by molar-refractivity contribution is 5.33. The van der Waals surface area contributed by atoms with Gasteiger partial charge in [0.1, 0.15) is 5.75 Å². The van der Waals surface area contributed by atoms with Crippen molar-refractivity contribution in [2.75, 3.05) is 26.9 Å². The Kier molecular flexibility index (Phi) is 8.31. The maximum atomic E-state index is 5.88. The van der Waals surface area contributed by atoms with Gasteiger partial charge < -0.3 is 15.2 Å². The standard InChI is InChI=1S/C17H29NO2/c1-14(2)8-10-20-11-9-15(13-18)12-16-6-4-5-7-17(16)19-3/h4-7,14-15H,8-13,18H2,1-3H3. The molecule has 0 amide bonds. The summed E-state index contributed by atoms with van der Waals surface area (Å²) in [5, 5.41) is 0. The van der Waals surface area contributed by atoms with Crippen LogP contribution in [0.5, 0.6) is 5.75 Å². The molecule has 3 nitrogen and oxygen atoms in total. The Hall–Kier alpha value is -1.06. The van der Waals surface area contributed by atoms with Gasteiger partial charge in [-0.05, 0) is 49.3 Å². The molecule has 114 valence electrons. The van der Waals surface area contributed by atoms with Gasteiger partial charge in [-0.3, -0.25) is 0 Å². The van der Waals surface area contributed by atoms with Gasteiger partial charge in [0.15, 0.2) is 0 Å². The van der Waals surface area contributed by atoms with Crippen molar-refractivity contribution >= 4 is 0 Å². The largest absolute Gasteiger partial charge is 0.496 e. The number of para-hydroxylation sites is 1. The Bertz CT molecular complexity index is 366. The fourth-order valence-corrected chi connectivity index (χ4v) is 2.16. The molecule has 1 unspecified atom stereocenters. The summed E-state index contributed by atoms with van der Waals surface area (Å²) in [5.41, 5.74) is 7.11. The van der Waals surface area contributed by atoms with E-state index >= 15 is 0 Å². The van der Waals surface area contributed by atoms with E-state index in [-0.39, 0.29) is 0 Å². The molecule has 0 bridgehead atoms. The van der Waals surface area contributed by atoms with Crippen LogP contribution in [0, 0.1) is 11.8 Å². The molecule has 0 saturated heterocycles. The second kappa shape index (κ2) is 9.78. The first kappa shape index (κ1) is 17.0. The maximum Gasteiger partial charge on any atom is 0.122 e. The highest BCUT2D eigenvalue weighted by Gasteiger charge is 2.11. The zero-order valence-corrected chi connectivity index (χ0v) is 13.1. The first-order chi connectivity index (χ1) is 9.67. The Morgan fingerprint density at radius 3 is 2.45 bits per heavy atom. The molecular formula is C17H29NO2. The van der Waals surface area contributed by atoms with Crippen LogP contribution in [0.2, 0.25) is 0 Å². The van der Waals surface area contributed by atoms with Crippen molar-refractivity contribution in [1.29, 1.82) is 0 Å². The lowest BCUT2D eigenvalue weighted by molar-refractivity contribution is 0.111. The minimum absolute atomic E-state index is 0.449. The summed E-state index contributed by atoms with van der Waals surface area (Å²) in [6.45, 7) is 6.76. The van der Waals surface area contributed by atoms with Crippen LogP contribution in [-0.2, 0) is 11.2 Å². The monoisotopic (exact) mass is 279 g/mol. The van der Waals surface area contributed by atoms with Crippen LogP contribution in [0.3, 0.4) is 0 Å². The Balaban J connectivity index is 2.35. The molecule has 0 aliphatic carbocycles. The van der Waals surface area contributed by atoms with E-state index in [4.69, 9.17) is 15.2 Å². The predicted molar refractivity (Wildman–Crippen MR) is 84.1 cm³/mol. The van der Waals surface area contributed by atoms with Crippen LogP contribution in [-0.4, -0.2) is 26.9 Å². The normalized spacial score (nSPS) is 12.7. The van der Waals surface area contributed by atoms with Crippen molar-refractivity contribution in [3.63, 3.8) is 0 Å². The smallest absolute Gasteiger partial charge is 0.122 e. The molecule has 2 N–H and O–H groups in total. The van der Waals surface area contributed by atoms with Crippen molar-refractivity contribution < 1.29 is 9.47 Å². The van der Waals surface area contributed by atoms with E-state index in [0.29, 0.717) is 18.4 Å². The highest BCUT2D eigenvalue weighted by atomic mass is 16.5. The predicted octanol–water partition coefficient (Wildman–Crippen LogP) is 3.27. The molecule has 0 aromatic heterocycles. The van der Waals surface area contributed by atoms with Crippen LogP contribution in [0.25, 0.3) is 0 Å². The quantitative estimate of drug-likeness (QED) is 0.669. The summed E-state index contributed by atoms with van der Waals surface area (Å²) in [6.07, 6.45) is 3.08. The Morgan fingerprint density at radius 2 is 1.80 bits per heavy atom. The third kappa shape index (κ3) is 6.40. The van der Waals surface area contributed by atoms with Gasteiger partial charge in [0, 0.05) is 13.2 Å². The maximum absolute atomic E-state index is 5.88. The summed E-state index contributed by atoms with van der Waals surface area (Å²) < 4.78 is 11.1. The highest BCUT2D eigenvalue weighted by Crippen LogP contribution is 2.22. The number of benzene rings is 1. The van der Waals surface area contributed by atoms with Crippen LogP contribution in [0.4, 0.5) is 0 Å². The summed E-state index contributed by atoms with van der Waals surface area (Å²) >= 11 is 0. The van der Waals surface area contributed by atoms with Gasteiger partial charge in [-0.1, -0.05) is 32.0 Å². The molecule has 1 atom stereocenters. The van der Waals surface area contributed by atoms with E-state index in [1.165, 1.54) is 5.56 Å². The van der Waals surface area contributed by atoms with Gasteiger partial charge in [0.05, 0.1) is 7.11 Å². The lowest BCUT2D eigenvalue weighted by Crippen LogP contribution is -2.19. The molecular weight excluding hydrogens is 250 g/mol. The van der Waals surface area contributed by atoms with Gasteiger partial charge >= 0.3 is 0 Å². The average Bonchev–Trinajstić information content (AvgIpc) is 2.45. The third-order valence-electron chi connectivity index (χ3n) is 3.54. The SMILES string of the molecule is COc1ccccc1CC(CN)CCOCCC(C)C. The molecule has 0 fully saturated rings. The van der Waals surface area contributed by atoms with Gasteiger partial charge in [-0.15, -0.1) is 0 Å². The van der Waals surface area contributed by atoms with Crippen LogP contribution >= 0.6 is 0 Å². The first-order valence-electron chi connectivity index (χ1n) is 7.57. The molecule has 0 aliphatic rings. The molecule has 0 spiro atoms. The minimum Gasteiger partial charge on any atom is -0.496 e. The molecule has 1 aromatic carbocycles. The van der Waals surface area contributed by atoms with Gasteiger partial charge in [0.2, 0.25) is 0 Å². The zero-order valence-electron chi connectivity index (χ0n) is 13.1. The summed E-state index contributed by atoms with van der Waals surface area (Å²) in [7, 11) is 1.71. The Morgan fingerprint density at radius 1 is 1.10 bits per heavy atom. The molecule has 1 rings (SSSR count). The molecule has 0 saturated carbocycles. The topological polar surface area (TPSA) is 44.5 Å². The lowest BCUT2D eigenvalue weighted by Gasteiger charge is -2.17. The molecule has 0 heterocycles. The molecule has 3 heteroatoms. The number of methoxy groups -OCH3 is 1. The molecule has 0 radical (unpaired) electrons. The number of ether oxygens (including phenoxy) is 2. The number of rotatable bonds is 10. The first-order valence-corrected chi connectivity index (χ1v) is 7.57. The van der Waals surface area contributed by atoms with E-state index in [1.807, 2.05) is 18.2 Å². The van der Waals surface area contributed by atoms with Crippen LogP contribution < -0.4 is 10.5 Å². The number of hydrogen-bond donors (Lipinski definition) is 1. The van der Waals surface area contributed by atoms with Gasteiger partial charge in [-0.2, -0.15) is 0 Å². The lowest BCUT2D eigenvalue weighted by atomic mass is 9.96. The van der Waals surface area contributed by atoms with E-state index in [2.05, 4.69) is 19.9 Å². The van der Waals surface area contributed by atoms with E-state index < -0.39 is 0 Å². The van der Waals surface area contributed by atoms with Gasteiger partial charge in [0.25, 0.3) is 0 Å². The number of hydrogen-bond acceptors (Lipinski definition) is 3. The zero-order chi connectivity index (χ0) is 14.8. The molecule has 0 aliphatic heterocycles. The fraction of sp³-hybridized carbons (Fsp3) is 0.647. The summed E-state index contributed by atoms with van der Waals surface area (Å²) in [4.78, 5) is 0. The van der Waals surface area contributed by atoms with Crippen LogP contribution in [0.1, 0.15) is 32.3 Å². The van der Waals surface area contributed by atoms with E-state index in [0.717, 1.165) is 38.2 Å². The minimum atomic E-state index is 0.449. The van der Waals surface area contributed by atoms with Crippen molar-refractivity contribution in [3.05, 3.63) is 29.8 Å². The second-order valence-electron chi connectivity index (χ2n) is 5.70. The van der Waals surface area contributed by atoms with Crippen molar-refractivity contribution in [1.82, 2.24) is 0 Å². The average molecular weight is 279 g/mol. The van der Waals surface area contributed by atoms with Crippen LogP contribution in [0.15, 0.2) is 24.3 Å². The van der Waals surface area contributed by atoms with E-state index in [9.17, 15) is 0 Å². The molecule has 1 aromatic rings. The molecule has 20 heavy (non-hydrogen) atoms. The fourth-order valence-electron chi connectivity index (χ4n) is 2.16. The third-order valence-corrected chi connectivity index (χ3v) is 3.54. The second-order valence-corrected chi connectivity index (χ2v) is 5.70.